The second kappa shape index (κ2) is 10.0. The van der Waals surface area contributed by atoms with E-state index >= 15 is 0 Å². The largest absolute Gasteiger partial charge is 0.478 e. The van der Waals surface area contributed by atoms with Gasteiger partial charge in [0.25, 0.3) is 0 Å². The number of hydrogen-bond acceptors (Lipinski definition) is 3. The Balaban J connectivity index is 1.61. The fraction of sp³-hybridized carbons (Fsp3) is 0.240. The Morgan fingerprint density at radius 3 is 2.55 bits per heavy atom. The normalized spacial score (nSPS) is 15.0. The molecule has 3 aromatic rings. The molecule has 1 atom stereocenters. The first-order chi connectivity index (χ1) is 15.1. The predicted molar refractivity (Wildman–Crippen MR) is 116 cm³/mol. The number of carboxylic acids is 1. The molecule has 29 heavy (non-hydrogen) atoms. The maximum Gasteiger partial charge on any atom is 0.335 e. The third kappa shape index (κ3) is 6.01. The van der Waals surface area contributed by atoms with Crippen molar-refractivity contribution < 1.29 is 19.1 Å². The van der Waals surface area contributed by atoms with Crippen LogP contribution in [-0.4, -0.2) is 29.2 Å². The number of hydrogen-bond donors (Lipinski definition) is 3. The molecule has 0 heterocycles. The van der Waals surface area contributed by atoms with Gasteiger partial charge in [0.05, 0.1) is 13.0 Å². The van der Waals surface area contributed by atoms with Gasteiger partial charge in [-0.1, -0.05) is 66.2 Å². The van der Waals surface area contributed by atoms with Crippen molar-refractivity contribution in [2.75, 3.05) is 13.0 Å². The molecule has 0 aromatic heterocycles. The highest BCUT2D eigenvalue weighted by molar-refractivity contribution is 5.89. The number of benzene rings is 3. The maximum atomic E-state index is 11.2. The molecule has 0 unspecified atom stereocenters. The van der Waals surface area contributed by atoms with Gasteiger partial charge in [0.2, 0.25) is 0 Å². The van der Waals surface area contributed by atoms with Crippen LogP contribution in [0.15, 0.2) is 72.8 Å². The van der Waals surface area contributed by atoms with Crippen molar-refractivity contribution in [1.29, 1.82) is 0 Å². The average molecular weight is 393 g/mol. The Kier molecular flexibility index (Phi) is 5.85. The van der Waals surface area contributed by atoms with E-state index in [9.17, 15) is 15.0 Å². The van der Waals surface area contributed by atoms with Gasteiger partial charge in [-0.2, -0.15) is 0 Å². The summed E-state index contributed by atoms with van der Waals surface area (Å²) >= 11 is 0. The van der Waals surface area contributed by atoms with Gasteiger partial charge in [0.15, 0.2) is 0 Å². The van der Waals surface area contributed by atoms with E-state index in [2.05, 4.69) is 5.32 Å². The molecular formula is C25H27NO3. The summed E-state index contributed by atoms with van der Waals surface area (Å²) in [5, 5.41) is 22.4. The Hall–Kier alpha value is -2.95. The lowest BCUT2D eigenvalue weighted by Gasteiger charge is -2.13. The molecule has 4 heteroatoms. The SMILES string of the molecule is [2H]C([2H])(NCCCc1cccc(-c2cccc(C(=O)O)c2)c1)[C@]([2H])(O)c1cccc(C)c1. The van der Waals surface area contributed by atoms with Crippen LogP contribution >= 0.6 is 0 Å². The first kappa shape index (κ1) is 17.0. The number of aryl methyl sites for hydroxylation is 2. The molecule has 0 radical (unpaired) electrons. The third-order valence-corrected chi connectivity index (χ3v) is 4.64. The van der Waals surface area contributed by atoms with Gasteiger partial charge in [-0.3, -0.25) is 0 Å². The van der Waals surface area contributed by atoms with Crippen molar-refractivity contribution >= 4 is 5.97 Å². The maximum absolute atomic E-state index is 11.2. The van der Waals surface area contributed by atoms with Crippen LogP contribution in [0, 0.1) is 6.92 Å². The number of nitrogens with one attached hydrogen (secondary N) is 1. The van der Waals surface area contributed by atoms with Crippen molar-refractivity contribution in [2.45, 2.75) is 25.8 Å². The van der Waals surface area contributed by atoms with Gasteiger partial charge in [-0.25, -0.2) is 4.79 Å². The zero-order valence-electron chi connectivity index (χ0n) is 19.4. The van der Waals surface area contributed by atoms with E-state index in [1.165, 1.54) is 0 Å². The van der Waals surface area contributed by atoms with Crippen LogP contribution in [0.1, 0.15) is 43.7 Å². The minimum absolute atomic E-state index is 0.200. The second-order valence-corrected chi connectivity index (χ2v) is 6.96. The molecule has 3 rings (SSSR count). The predicted octanol–water partition coefficient (Wildman–Crippen LogP) is 4.62. The molecule has 3 N–H and O–H groups in total. The lowest BCUT2D eigenvalue weighted by Crippen LogP contribution is -2.22. The molecule has 0 saturated carbocycles. The van der Waals surface area contributed by atoms with Gasteiger partial charge < -0.3 is 15.5 Å². The van der Waals surface area contributed by atoms with Crippen LogP contribution in [0.2, 0.25) is 0 Å². The number of aromatic carboxylic acids is 1. The van der Waals surface area contributed by atoms with E-state index in [4.69, 9.17) is 4.11 Å². The summed E-state index contributed by atoms with van der Waals surface area (Å²) in [7, 11) is 0. The van der Waals surface area contributed by atoms with Crippen molar-refractivity contribution in [3.8, 4) is 11.1 Å². The molecule has 150 valence electrons. The van der Waals surface area contributed by atoms with Crippen LogP contribution < -0.4 is 5.32 Å². The molecule has 0 spiro atoms. The zero-order valence-corrected chi connectivity index (χ0v) is 16.4. The van der Waals surface area contributed by atoms with Crippen LogP contribution in [0.4, 0.5) is 0 Å². The molecule has 0 bridgehead atoms. The van der Waals surface area contributed by atoms with Gasteiger partial charge in [-0.05, 0) is 60.7 Å². The number of carbonyl (C=O) groups is 1. The quantitative estimate of drug-likeness (QED) is 0.465. The lowest BCUT2D eigenvalue weighted by atomic mass is 9.99. The summed E-state index contributed by atoms with van der Waals surface area (Å²) in [6.45, 7) is -0.229. The van der Waals surface area contributed by atoms with Crippen LogP contribution in [-0.2, 0) is 6.42 Å². The highest BCUT2D eigenvalue weighted by atomic mass is 16.4. The number of aliphatic hydroxyl groups is 1. The summed E-state index contributed by atoms with van der Waals surface area (Å²) in [6.07, 6.45) is -1.16. The topological polar surface area (TPSA) is 69.6 Å². The van der Waals surface area contributed by atoms with Gasteiger partial charge >= 0.3 is 5.97 Å². The van der Waals surface area contributed by atoms with Crippen LogP contribution in [0.3, 0.4) is 0 Å². The van der Waals surface area contributed by atoms with Gasteiger partial charge in [0.1, 0.15) is 0 Å². The van der Waals surface area contributed by atoms with E-state index in [-0.39, 0.29) is 17.7 Å². The fourth-order valence-corrected chi connectivity index (χ4v) is 3.13. The molecule has 0 aliphatic carbocycles. The molecule has 3 aromatic carbocycles. The summed E-state index contributed by atoms with van der Waals surface area (Å²) < 4.78 is 24.6. The number of rotatable bonds is 9. The first-order valence-corrected chi connectivity index (χ1v) is 9.57. The molecule has 0 fully saturated rings. The molecule has 0 saturated heterocycles. The minimum Gasteiger partial charge on any atom is -0.478 e. The minimum atomic E-state index is -2.42. The lowest BCUT2D eigenvalue weighted by molar-refractivity contribution is 0.0697. The third-order valence-electron chi connectivity index (χ3n) is 4.64. The van der Waals surface area contributed by atoms with Crippen molar-refractivity contribution in [3.63, 3.8) is 0 Å². The Morgan fingerprint density at radius 1 is 1.07 bits per heavy atom. The molecular weight excluding hydrogens is 362 g/mol. The van der Waals surface area contributed by atoms with E-state index in [0.29, 0.717) is 12.8 Å². The summed E-state index contributed by atoms with van der Waals surface area (Å²) in [4.78, 5) is 11.2. The van der Waals surface area contributed by atoms with Crippen molar-refractivity contribution in [3.05, 3.63) is 95.1 Å². The Bertz CT molecular complexity index is 1100. The van der Waals surface area contributed by atoms with E-state index < -0.39 is 18.5 Å². The Labute approximate surface area is 176 Å². The summed E-state index contributed by atoms with van der Waals surface area (Å²) in [6, 6.07) is 21.2. The van der Waals surface area contributed by atoms with E-state index in [1.54, 1.807) is 36.4 Å². The van der Waals surface area contributed by atoms with Crippen molar-refractivity contribution in [1.82, 2.24) is 5.32 Å². The standard InChI is InChI=1S/C25H27NO3/c1-18-6-2-11-22(14-18)24(27)17-26-13-5-8-19-7-3-9-20(15-19)21-10-4-12-23(16-21)25(28)29/h2-4,6-7,9-12,14-16,24,26-27H,5,8,13,17H2,1H3,(H,28,29)/t24-/m0/s1/i17D2,24D. The van der Waals surface area contributed by atoms with Gasteiger partial charge in [-0.15, -0.1) is 0 Å². The molecule has 0 aliphatic rings. The smallest absolute Gasteiger partial charge is 0.335 e. The van der Waals surface area contributed by atoms with Crippen molar-refractivity contribution in [2.24, 2.45) is 0 Å². The van der Waals surface area contributed by atoms with Gasteiger partial charge in [0, 0.05) is 9.24 Å². The van der Waals surface area contributed by atoms with Crippen LogP contribution in [0.5, 0.6) is 0 Å². The number of carboxylic acid groups (broad SMARTS) is 1. The monoisotopic (exact) mass is 392 g/mol. The molecule has 4 nitrogen and oxygen atoms in total. The Morgan fingerprint density at radius 2 is 1.79 bits per heavy atom. The zero-order chi connectivity index (χ0) is 23.4. The first-order valence-electron chi connectivity index (χ1n) is 11.1. The van der Waals surface area contributed by atoms with E-state index in [1.807, 2.05) is 43.3 Å². The van der Waals surface area contributed by atoms with E-state index in [0.717, 1.165) is 22.3 Å². The summed E-state index contributed by atoms with van der Waals surface area (Å²) in [5.74, 6) is -0.969. The highest BCUT2D eigenvalue weighted by Crippen LogP contribution is 2.22. The molecule has 0 aliphatic heterocycles. The van der Waals surface area contributed by atoms with Crippen LogP contribution in [0.25, 0.3) is 11.1 Å². The molecule has 0 amide bonds. The second-order valence-electron chi connectivity index (χ2n) is 6.96. The fourth-order valence-electron chi connectivity index (χ4n) is 3.13. The highest BCUT2D eigenvalue weighted by Gasteiger charge is 2.07. The summed E-state index contributed by atoms with van der Waals surface area (Å²) in [5.41, 5.74) is 4.04. The average Bonchev–Trinajstić information content (AvgIpc) is 2.77.